The molecule has 208 valence electrons. The quantitative estimate of drug-likeness (QED) is 0.274. The number of thiazole rings is 1. The molecule has 2 aromatic carbocycles. The highest BCUT2D eigenvalue weighted by atomic mass is 32.2. The number of carbonyl (C=O) groups excluding carboxylic acids is 1. The van der Waals surface area contributed by atoms with Gasteiger partial charge in [-0.15, -0.1) is 0 Å². The molecule has 1 amide bonds. The van der Waals surface area contributed by atoms with Crippen molar-refractivity contribution in [3.8, 4) is 17.2 Å². The van der Waals surface area contributed by atoms with Gasteiger partial charge in [0.15, 0.2) is 26.5 Å². The molecule has 0 saturated carbocycles. The molecule has 0 aliphatic rings. The van der Waals surface area contributed by atoms with Gasteiger partial charge >= 0.3 is 0 Å². The third-order valence-electron chi connectivity index (χ3n) is 5.94. The fourth-order valence-electron chi connectivity index (χ4n) is 4.06. The zero-order chi connectivity index (χ0) is 27.9. The van der Waals surface area contributed by atoms with E-state index in [0.29, 0.717) is 71.1 Å². The second kappa shape index (κ2) is 13.3. The minimum absolute atomic E-state index is 0.145. The highest BCUT2D eigenvalue weighted by molar-refractivity contribution is 7.91. The van der Waals surface area contributed by atoms with Crippen molar-refractivity contribution in [1.82, 2.24) is 9.88 Å². The number of anilines is 1. The van der Waals surface area contributed by atoms with Crippen molar-refractivity contribution in [2.75, 3.05) is 57.2 Å². The molecule has 0 spiro atoms. The number of rotatable bonds is 14. The Hall–Kier alpha value is -2.89. The number of para-hydroxylation sites is 1. The van der Waals surface area contributed by atoms with E-state index in [-0.39, 0.29) is 10.8 Å². The van der Waals surface area contributed by atoms with Crippen LogP contribution in [0.4, 0.5) is 5.13 Å². The van der Waals surface area contributed by atoms with Gasteiger partial charge in [0, 0.05) is 24.9 Å². The average Bonchev–Trinajstić information content (AvgIpc) is 3.31. The van der Waals surface area contributed by atoms with Gasteiger partial charge in [0.25, 0.3) is 5.91 Å². The van der Waals surface area contributed by atoms with Gasteiger partial charge in [-0.2, -0.15) is 0 Å². The first kappa shape index (κ1) is 29.7. The molecule has 0 bridgehead atoms. The molecule has 0 N–H and O–H groups in total. The van der Waals surface area contributed by atoms with Crippen molar-refractivity contribution >= 4 is 42.4 Å². The van der Waals surface area contributed by atoms with Crippen LogP contribution in [0.1, 0.15) is 45.0 Å². The molecule has 9 nitrogen and oxygen atoms in total. The lowest BCUT2D eigenvalue weighted by Crippen LogP contribution is -2.39. The second-order valence-electron chi connectivity index (χ2n) is 8.46. The predicted molar refractivity (Wildman–Crippen MR) is 152 cm³/mol. The summed E-state index contributed by atoms with van der Waals surface area (Å²) >= 11 is 1.29. The molecule has 3 aromatic rings. The van der Waals surface area contributed by atoms with Crippen LogP contribution in [0.2, 0.25) is 0 Å². The number of aromatic nitrogens is 1. The van der Waals surface area contributed by atoms with Gasteiger partial charge in [0.05, 0.1) is 29.4 Å². The first-order valence-corrected chi connectivity index (χ1v) is 15.6. The van der Waals surface area contributed by atoms with Crippen LogP contribution in [0.5, 0.6) is 17.2 Å². The van der Waals surface area contributed by atoms with E-state index < -0.39 is 9.84 Å². The summed E-state index contributed by atoms with van der Waals surface area (Å²) in [6.45, 7) is 13.6. The predicted octanol–water partition coefficient (Wildman–Crippen LogP) is 4.88. The van der Waals surface area contributed by atoms with Crippen molar-refractivity contribution in [2.24, 2.45) is 0 Å². The number of amides is 1. The van der Waals surface area contributed by atoms with Crippen LogP contribution in [0, 0.1) is 0 Å². The van der Waals surface area contributed by atoms with Crippen molar-refractivity contribution in [3.63, 3.8) is 0 Å². The van der Waals surface area contributed by atoms with Crippen LogP contribution in [0.3, 0.4) is 0 Å². The van der Waals surface area contributed by atoms with Crippen LogP contribution >= 0.6 is 11.3 Å². The fourth-order valence-corrected chi connectivity index (χ4v) is 5.97. The Balaban J connectivity index is 2.15. The van der Waals surface area contributed by atoms with Gasteiger partial charge in [0.1, 0.15) is 5.52 Å². The van der Waals surface area contributed by atoms with Crippen LogP contribution in [0.15, 0.2) is 35.2 Å². The van der Waals surface area contributed by atoms with Crippen molar-refractivity contribution < 1.29 is 27.4 Å². The molecule has 3 rings (SSSR count). The van der Waals surface area contributed by atoms with Crippen LogP contribution < -0.4 is 19.1 Å². The van der Waals surface area contributed by atoms with E-state index in [0.717, 1.165) is 19.3 Å². The molecule has 0 saturated heterocycles. The fraction of sp³-hybridized carbons (Fsp3) is 0.481. The third kappa shape index (κ3) is 6.75. The number of ether oxygens (including phenoxy) is 3. The van der Waals surface area contributed by atoms with Gasteiger partial charge in [0.2, 0.25) is 5.75 Å². The van der Waals surface area contributed by atoms with Gasteiger partial charge in [-0.25, -0.2) is 13.4 Å². The van der Waals surface area contributed by atoms with E-state index in [1.807, 2.05) is 26.8 Å². The van der Waals surface area contributed by atoms with E-state index in [4.69, 9.17) is 14.2 Å². The first-order valence-electron chi connectivity index (χ1n) is 12.9. The maximum atomic E-state index is 14.1. The maximum Gasteiger partial charge on any atom is 0.260 e. The molecule has 38 heavy (non-hydrogen) atoms. The monoisotopic (exact) mass is 563 g/mol. The van der Waals surface area contributed by atoms with E-state index >= 15 is 0 Å². The average molecular weight is 564 g/mol. The number of sulfone groups is 1. The highest BCUT2D eigenvalue weighted by Gasteiger charge is 2.26. The van der Waals surface area contributed by atoms with E-state index in [9.17, 15) is 13.2 Å². The lowest BCUT2D eigenvalue weighted by Gasteiger charge is -2.25. The van der Waals surface area contributed by atoms with Crippen LogP contribution in [-0.2, 0) is 9.84 Å². The standard InChI is InChI=1S/C27H37N3O6S2/c1-7-29(8-2)15-16-30(27-28-24-22(37-27)13-12-14-23(24)38(6,32)33)26(31)19-17-20(34-9-3)25(36-11-5)21(18-19)35-10-4/h12-14,17-18H,7-11,15-16H2,1-6H3. The van der Waals surface area contributed by atoms with Gasteiger partial charge < -0.3 is 19.1 Å². The smallest absolute Gasteiger partial charge is 0.260 e. The Morgan fingerprint density at radius 3 is 2.05 bits per heavy atom. The summed E-state index contributed by atoms with van der Waals surface area (Å²) in [6.07, 6.45) is 1.16. The summed E-state index contributed by atoms with van der Waals surface area (Å²) in [7, 11) is -3.50. The summed E-state index contributed by atoms with van der Waals surface area (Å²) in [4.78, 5) is 22.7. The summed E-state index contributed by atoms with van der Waals surface area (Å²) in [5.41, 5.74) is 0.731. The van der Waals surface area contributed by atoms with Crippen molar-refractivity contribution in [1.29, 1.82) is 0 Å². The van der Waals surface area contributed by atoms with E-state index in [1.54, 1.807) is 29.2 Å². The first-order chi connectivity index (χ1) is 18.2. The van der Waals surface area contributed by atoms with Gasteiger partial charge in [-0.1, -0.05) is 31.3 Å². The number of likely N-dealkylation sites (N-methyl/N-ethyl adjacent to an activating group) is 1. The highest BCUT2D eigenvalue weighted by Crippen LogP contribution is 2.40. The summed E-state index contributed by atoms with van der Waals surface area (Å²) in [5, 5.41) is 0.429. The number of nitrogens with zero attached hydrogens (tertiary/aromatic N) is 3. The van der Waals surface area contributed by atoms with Crippen LogP contribution in [-0.4, -0.2) is 76.5 Å². The van der Waals surface area contributed by atoms with E-state index in [1.165, 1.54) is 11.3 Å². The van der Waals surface area contributed by atoms with E-state index in [2.05, 4.69) is 23.7 Å². The Labute approximate surface area is 229 Å². The maximum absolute atomic E-state index is 14.1. The molecular weight excluding hydrogens is 526 g/mol. The number of fused-ring (bicyclic) bond motifs is 1. The Morgan fingerprint density at radius 1 is 0.921 bits per heavy atom. The second-order valence-corrected chi connectivity index (χ2v) is 11.4. The van der Waals surface area contributed by atoms with Gasteiger partial charge in [-0.3, -0.25) is 9.69 Å². The minimum Gasteiger partial charge on any atom is -0.490 e. The number of hydrogen-bond acceptors (Lipinski definition) is 9. The summed E-state index contributed by atoms with van der Waals surface area (Å²) < 4.78 is 42.9. The molecule has 0 atom stereocenters. The van der Waals surface area contributed by atoms with Gasteiger partial charge in [-0.05, 0) is 58.1 Å². The number of hydrogen-bond donors (Lipinski definition) is 0. The lowest BCUT2D eigenvalue weighted by atomic mass is 10.1. The van der Waals surface area contributed by atoms with Crippen molar-refractivity contribution in [2.45, 2.75) is 39.5 Å². The Bertz CT molecular complexity index is 1330. The molecule has 0 fully saturated rings. The molecule has 0 radical (unpaired) electrons. The zero-order valence-electron chi connectivity index (χ0n) is 22.9. The normalized spacial score (nSPS) is 11.7. The Morgan fingerprint density at radius 2 is 1.53 bits per heavy atom. The molecule has 1 aromatic heterocycles. The molecule has 0 aliphatic carbocycles. The third-order valence-corrected chi connectivity index (χ3v) is 8.11. The summed E-state index contributed by atoms with van der Waals surface area (Å²) in [5.74, 6) is 1.02. The lowest BCUT2D eigenvalue weighted by molar-refractivity contribution is 0.0982. The molecule has 1 heterocycles. The minimum atomic E-state index is -3.50. The number of carbonyl (C=O) groups is 1. The number of benzene rings is 2. The van der Waals surface area contributed by atoms with Crippen LogP contribution in [0.25, 0.3) is 10.2 Å². The SMILES string of the molecule is CCOc1cc(C(=O)N(CCN(CC)CC)c2nc3c(S(C)(=O)=O)cccc3s2)cc(OCC)c1OCC. The molecular formula is C27H37N3O6S2. The zero-order valence-corrected chi connectivity index (χ0v) is 24.6. The molecule has 0 aliphatic heterocycles. The topological polar surface area (TPSA) is 98.3 Å². The Kier molecular flexibility index (Phi) is 10.3. The summed E-state index contributed by atoms with van der Waals surface area (Å²) in [6, 6.07) is 8.38. The largest absolute Gasteiger partial charge is 0.490 e. The van der Waals surface area contributed by atoms with Crippen molar-refractivity contribution in [3.05, 3.63) is 35.9 Å². The molecule has 0 unspecified atom stereocenters. The molecule has 11 heteroatoms.